The zero-order valence-electron chi connectivity index (χ0n) is 78.8. The summed E-state index contributed by atoms with van der Waals surface area (Å²) in [6, 6.07) is 135. The van der Waals surface area contributed by atoms with Crippen LogP contribution in [0.4, 0.5) is 17.5 Å². The van der Waals surface area contributed by atoms with Crippen LogP contribution in [0.1, 0.15) is 104 Å². The van der Waals surface area contributed by atoms with Gasteiger partial charge in [0.2, 0.25) is 0 Å². The lowest BCUT2D eigenvalue weighted by Gasteiger charge is -2.42. The summed E-state index contributed by atoms with van der Waals surface area (Å²) in [6.07, 6.45) is 0. The fourth-order valence-corrected chi connectivity index (χ4v) is 27.2. The number of aromatic nitrogens is 4. The molecular weight excluding hydrogens is 1860 g/mol. The van der Waals surface area contributed by atoms with E-state index in [0.29, 0.717) is 12.2 Å². The van der Waals surface area contributed by atoms with Crippen molar-refractivity contribution in [3.63, 3.8) is 0 Å². The van der Waals surface area contributed by atoms with Crippen LogP contribution in [-0.4, -0.2) is 117 Å². The summed E-state index contributed by atoms with van der Waals surface area (Å²) in [7, 11) is 0. The summed E-state index contributed by atoms with van der Waals surface area (Å²) in [6.45, 7) is 0.465. The number of aromatic carboxylic acids is 3. The molecule has 0 fully saturated rings. The third kappa shape index (κ3) is 9.68. The van der Waals surface area contributed by atoms with Crippen LogP contribution in [0, 0.1) is 0 Å². The molecule has 0 radical (unpaired) electrons. The lowest BCUT2D eigenvalue weighted by molar-refractivity contribution is -0.798. The zero-order chi connectivity index (χ0) is 98.5. The van der Waals surface area contributed by atoms with Gasteiger partial charge in [-0.15, -0.1) is 18.3 Å². The van der Waals surface area contributed by atoms with Gasteiger partial charge in [0, 0.05) is 43.8 Å². The van der Waals surface area contributed by atoms with Crippen LogP contribution >= 0.6 is 0 Å². The number of aliphatic imine (C=N–C) groups is 3. The van der Waals surface area contributed by atoms with E-state index in [1.165, 1.54) is 0 Å². The van der Waals surface area contributed by atoms with Crippen LogP contribution < -0.4 is 26.3 Å². The van der Waals surface area contributed by atoms with Gasteiger partial charge in [-0.25, -0.2) is 28.1 Å². The Labute approximate surface area is 846 Å². The van der Waals surface area contributed by atoms with E-state index in [-0.39, 0.29) is 16.7 Å². The number of rotatable bonds is 9. The zero-order valence-corrected chi connectivity index (χ0v) is 78.8. The van der Waals surface area contributed by atoms with Gasteiger partial charge in [-0.3, -0.25) is 4.79 Å². The maximum absolute atomic E-state index is 12.6. The highest BCUT2D eigenvalue weighted by Crippen LogP contribution is 2.61. The standard InChI is InChI=1S/C65H33N6O4.C65H32N6O4/c72-33-75-45-23-21-35(22-24-45)55-58-48-27-39-11-3-7-15-43(39)31-52(48)62-66-60-50-29-41-13-5-1-9-37(41)25-46(50)56-54(34-17-19-36(20-18-34)64(73)74)57-47-26-38-10-2-6-14-42(38)30-51(47)61-67-63-53-32-44-16-8-4-12-40(44)28-49(53)59(55)71(63)65(68(56)60,69(57)61)70(58)62;72-63(73)35-21-17-33(18-22-35)53-55-45-25-37-9-1-2-10-38(37)26-46(45)56-54(34-19-23-36(24-20-34)64(74)75)58-48-28-40-12-4-6-14-42(40)30-50(48)60-67-62-52-32-44-16-8-7-15-43(44)31-51(52)61-66-59-49-29-41-13-5-3-11-39(41)27-47(49)57(53)69(59)65(68(55)56,70(58)60)71(61)62/h1-33H;1-32H/q+1;/p+3. The highest BCUT2D eigenvalue weighted by molar-refractivity contribution is 6.42. The molecule has 36 rings (SSSR count). The fraction of sp³-hybridized carbons (Fsp3) is 0.0154. The van der Waals surface area contributed by atoms with Crippen molar-refractivity contribution in [1.82, 2.24) is 18.3 Å². The highest BCUT2D eigenvalue weighted by atomic mass is 16.5. The second-order valence-electron chi connectivity index (χ2n) is 40.6. The van der Waals surface area contributed by atoms with Crippen LogP contribution in [0.15, 0.2) is 408 Å². The molecule has 20 aromatic carbocycles. The van der Waals surface area contributed by atoms with E-state index in [2.05, 4.69) is 340 Å². The molecule has 2 spiro atoms. The largest absolute Gasteiger partial charge is 0.478 e. The smallest absolute Gasteiger partial charge is 0.441 e. The average molecular weight is 1930 g/mol. The van der Waals surface area contributed by atoms with E-state index < -0.39 is 29.7 Å². The Morgan fingerprint density at radius 2 is 0.533 bits per heavy atom. The summed E-state index contributed by atoms with van der Waals surface area (Å²) in [5.41, 5.74) is 21.5. The summed E-state index contributed by atoms with van der Waals surface area (Å²) in [5, 5.41) is 59.3. The second kappa shape index (κ2) is 27.7. The first kappa shape index (κ1) is 79.9. The van der Waals surface area contributed by atoms with Gasteiger partial charge in [0.1, 0.15) is 5.75 Å². The molecule has 24 aromatic rings. The van der Waals surface area contributed by atoms with E-state index >= 15 is 0 Å². The van der Waals surface area contributed by atoms with Crippen molar-refractivity contribution in [3.05, 3.63) is 499 Å². The molecule has 20 heteroatoms. The molecule has 150 heavy (non-hydrogen) atoms. The lowest BCUT2D eigenvalue weighted by atomic mass is 9.89. The van der Waals surface area contributed by atoms with Crippen molar-refractivity contribution in [1.29, 1.82) is 0 Å². The van der Waals surface area contributed by atoms with Gasteiger partial charge in [-0.1, -0.05) is 243 Å². The van der Waals surface area contributed by atoms with Gasteiger partial charge >= 0.3 is 53.1 Å². The van der Waals surface area contributed by atoms with Crippen molar-refractivity contribution in [3.8, 4) is 5.75 Å². The third-order valence-electron chi connectivity index (χ3n) is 33.3. The SMILES string of the molecule is O=C(O)c1ccc(C2=c3c4cc5ccccc5cc4c4n3C35n6c(c7cc8ccccc8cc7c6N=C6c7cc8ccccc8cc7C(=[N+]63)C=4c3ccc(C(=O)O)cc3)N=C3c4cc6ccccc6cc4C2=[N+]35)cc1.O=COc1ccc(C2=C3c4cc5ccccc5cc4C4=[N+]3C35n6c(c7cc8ccccc8cc7c62)N=C2c6cc7ccccc7cc6C(=[N+]23)C(c2ccc(C(=O)O)cc2)=c2c3cc6ccccc6cc3c(n25)=N4)cc1. The maximum atomic E-state index is 12.6. The predicted molar refractivity (Wildman–Crippen MR) is 583 cm³/mol. The van der Waals surface area contributed by atoms with Crippen molar-refractivity contribution >= 4 is 240 Å². The van der Waals surface area contributed by atoms with Gasteiger partial charge < -0.3 is 20.1 Å². The molecule has 12 aliphatic rings. The Morgan fingerprint density at radius 1 is 0.260 bits per heavy atom. The van der Waals surface area contributed by atoms with Crippen molar-refractivity contribution in [2.45, 2.75) is 11.8 Å². The number of ether oxygens (including phenoxy) is 1. The number of hydrogen-bond donors (Lipinski definition) is 3. The van der Waals surface area contributed by atoms with Gasteiger partial charge in [0.05, 0.1) is 105 Å². The van der Waals surface area contributed by atoms with E-state index in [1.807, 2.05) is 48.5 Å². The lowest BCUT2D eigenvalue weighted by Crippen LogP contribution is -2.72. The summed E-state index contributed by atoms with van der Waals surface area (Å²) in [5.74, 6) is 0.427. The molecule has 3 N–H and O–H groups in total. The molecule has 20 nitrogen and oxygen atoms in total. The molecule has 16 heterocycles. The molecule has 1 atom stereocenters. The molecule has 0 amide bonds. The first-order chi connectivity index (χ1) is 73.8. The van der Waals surface area contributed by atoms with E-state index in [1.54, 1.807) is 36.4 Å². The molecular formula is C130H68N12O8+4. The molecule has 1 unspecified atom stereocenters. The molecule has 0 saturated carbocycles. The molecule has 0 aliphatic carbocycles. The summed E-state index contributed by atoms with van der Waals surface area (Å²) < 4.78 is 25.2. The Balaban J connectivity index is 0.000000125. The highest BCUT2D eigenvalue weighted by Gasteiger charge is 2.75. The number of amidine groups is 4. The van der Waals surface area contributed by atoms with Crippen LogP contribution in [-0.2, 0) is 16.6 Å². The number of fused-ring (bicyclic) bond motifs is 32. The van der Waals surface area contributed by atoms with Crippen molar-refractivity contribution < 1.29 is 57.5 Å². The van der Waals surface area contributed by atoms with Gasteiger partial charge in [-0.2, -0.15) is 4.57 Å². The Morgan fingerprint density at radius 3 is 0.887 bits per heavy atom. The minimum absolute atomic E-state index is 0.193. The third-order valence-corrected chi connectivity index (χ3v) is 33.3. The van der Waals surface area contributed by atoms with Crippen LogP contribution in [0.2, 0.25) is 0 Å². The molecule has 692 valence electrons. The normalized spacial score (nSPS) is 16.4. The minimum atomic E-state index is -1.31. The minimum Gasteiger partial charge on any atom is -0.478 e. The van der Waals surface area contributed by atoms with E-state index in [4.69, 9.17) is 24.7 Å². The number of carboxylic acid groups (broad SMARTS) is 3. The molecule has 4 aromatic heterocycles. The van der Waals surface area contributed by atoms with Crippen LogP contribution in [0.5, 0.6) is 5.75 Å². The van der Waals surface area contributed by atoms with Gasteiger partial charge in [0.15, 0.2) is 22.8 Å². The van der Waals surface area contributed by atoms with Crippen molar-refractivity contribution in [2.24, 2.45) is 20.0 Å². The van der Waals surface area contributed by atoms with Crippen LogP contribution in [0.3, 0.4) is 0 Å². The number of hydrogen-bond acceptors (Lipinski definition) is 9. The van der Waals surface area contributed by atoms with Crippen molar-refractivity contribution in [2.75, 3.05) is 0 Å². The number of carbonyl (C=O) groups is 4. The Kier molecular flexibility index (Phi) is 14.7. The molecule has 0 saturated heterocycles. The maximum Gasteiger partial charge on any atom is 0.441 e. The quantitative estimate of drug-likeness (QED) is 0.0930. The summed E-state index contributed by atoms with van der Waals surface area (Å²) in [4.78, 5) is 73.3. The predicted octanol–water partition coefficient (Wildman–Crippen LogP) is 22.0. The number of carboxylic acids is 3. The topological polar surface area (TPSA) is 219 Å². The monoisotopic (exact) mass is 1920 g/mol. The first-order valence-corrected chi connectivity index (χ1v) is 50.0. The van der Waals surface area contributed by atoms with Crippen LogP contribution in [0.25, 0.3) is 157 Å². The Bertz CT molecular complexity index is 11300. The number of nitrogens with zero attached hydrogens (tertiary/aromatic N) is 12. The fourth-order valence-electron chi connectivity index (χ4n) is 27.2. The first-order valence-electron chi connectivity index (χ1n) is 50.0. The average Bonchev–Trinajstić information content (AvgIpc) is 1.45. The van der Waals surface area contributed by atoms with E-state index in [0.717, 1.165) is 309 Å². The number of benzene rings is 20. The second-order valence-corrected chi connectivity index (χ2v) is 40.6. The van der Waals surface area contributed by atoms with Gasteiger partial charge in [0.25, 0.3) is 29.4 Å². The number of carbonyl (C=O) groups excluding carboxylic acids is 1. The van der Waals surface area contributed by atoms with E-state index in [9.17, 15) is 34.5 Å². The van der Waals surface area contributed by atoms with Gasteiger partial charge in [-0.05, 0) is 274 Å². The Hall–Kier alpha value is -20.6. The molecule has 0 bridgehead atoms. The summed E-state index contributed by atoms with van der Waals surface area (Å²) >= 11 is 0. The molecule has 12 aliphatic heterocycles.